The van der Waals surface area contributed by atoms with Crippen molar-refractivity contribution in [2.75, 3.05) is 0 Å². The van der Waals surface area contributed by atoms with E-state index in [-0.39, 0.29) is 22.8 Å². The average molecular weight is 621 g/mol. The highest BCUT2D eigenvalue weighted by Crippen LogP contribution is 2.40. The SMILES string of the molecule is O=C1O/C(=C\c2ccc(O)c(Br)c2)C(c2ccc(O)c(Br)c2)=C1C(=O)c1ccc(Br)cc1. The van der Waals surface area contributed by atoms with Crippen LogP contribution in [0.3, 0.4) is 0 Å². The maximum Gasteiger partial charge on any atom is 0.348 e. The number of Topliss-reactive ketones (excluding diaryl/α,β-unsaturated/α-hetero) is 1. The quantitative estimate of drug-likeness (QED) is 0.195. The van der Waals surface area contributed by atoms with E-state index in [1.54, 1.807) is 54.6 Å². The molecule has 3 aromatic carbocycles. The Morgan fingerprint density at radius 2 is 1.47 bits per heavy atom. The number of ether oxygens (including phenoxy) is 1. The second-order valence-corrected chi connectivity index (χ2v) is 9.49. The number of hydrogen-bond acceptors (Lipinski definition) is 5. The third-order valence-electron chi connectivity index (χ3n) is 4.74. The number of hydrogen-bond donors (Lipinski definition) is 2. The monoisotopic (exact) mass is 618 g/mol. The van der Waals surface area contributed by atoms with Crippen LogP contribution in [0.4, 0.5) is 0 Å². The molecule has 32 heavy (non-hydrogen) atoms. The summed E-state index contributed by atoms with van der Waals surface area (Å²) in [7, 11) is 0. The number of phenols is 2. The summed E-state index contributed by atoms with van der Waals surface area (Å²) in [4.78, 5) is 26.2. The van der Waals surface area contributed by atoms with Gasteiger partial charge in [-0.1, -0.05) is 28.1 Å². The number of carbonyl (C=O) groups is 2. The Balaban J connectivity index is 1.92. The van der Waals surface area contributed by atoms with Crippen molar-refractivity contribution < 1.29 is 24.5 Å². The molecule has 1 heterocycles. The van der Waals surface area contributed by atoms with Crippen molar-refractivity contribution in [2.45, 2.75) is 0 Å². The van der Waals surface area contributed by atoms with Gasteiger partial charge in [0.15, 0.2) is 0 Å². The number of benzene rings is 3. The first kappa shape index (κ1) is 22.5. The van der Waals surface area contributed by atoms with E-state index in [9.17, 15) is 19.8 Å². The molecule has 8 heteroatoms. The molecule has 0 saturated heterocycles. The van der Waals surface area contributed by atoms with Gasteiger partial charge in [0.25, 0.3) is 0 Å². The van der Waals surface area contributed by atoms with Crippen molar-refractivity contribution in [3.63, 3.8) is 0 Å². The molecule has 0 unspecified atom stereocenters. The van der Waals surface area contributed by atoms with Gasteiger partial charge in [0.1, 0.15) is 22.8 Å². The predicted octanol–water partition coefficient (Wildman–Crippen LogP) is 6.62. The third kappa shape index (κ3) is 4.44. The fraction of sp³-hybridized carbons (Fsp3) is 0. The molecule has 0 radical (unpaired) electrons. The van der Waals surface area contributed by atoms with Crippen LogP contribution in [0.25, 0.3) is 11.6 Å². The van der Waals surface area contributed by atoms with Crippen LogP contribution in [0, 0.1) is 0 Å². The number of carbonyl (C=O) groups excluding carboxylic acids is 2. The maximum atomic E-state index is 13.3. The molecule has 1 aliphatic rings. The predicted molar refractivity (Wildman–Crippen MR) is 131 cm³/mol. The lowest BCUT2D eigenvalue weighted by Gasteiger charge is -2.08. The van der Waals surface area contributed by atoms with Crippen molar-refractivity contribution in [2.24, 2.45) is 0 Å². The summed E-state index contributed by atoms with van der Waals surface area (Å²) in [6.07, 6.45) is 1.61. The fourth-order valence-corrected chi connectivity index (χ4v) is 4.23. The molecule has 4 rings (SSSR count). The van der Waals surface area contributed by atoms with Crippen molar-refractivity contribution >= 4 is 71.2 Å². The molecule has 3 aromatic rings. The zero-order chi connectivity index (χ0) is 23.0. The summed E-state index contributed by atoms with van der Waals surface area (Å²) in [6.45, 7) is 0. The Hall–Kier alpha value is -2.68. The summed E-state index contributed by atoms with van der Waals surface area (Å²) in [5.74, 6) is -0.961. The summed E-state index contributed by atoms with van der Waals surface area (Å²) in [5.41, 5.74) is 1.71. The second-order valence-electron chi connectivity index (χ2n) is 6.86. The van der Waals surface area contributed by atoms with Crippen LogP contribution in [0.5, 0.6) is 11.5 Å². The molecule has 2 N–H and O–H groups in total. The molecule has 0 spiro atoms. The number of phenolic OH excluding ortho intramolecular Hbond substituents is 2. The van der Waals surface area contributed by atoms with Gasteiger partial charge in [-0.2, -0.15) is 0 Å². The number of aromatic hydroxyl groups is 2. The average Bonchev–Trinajstić information content (AvgIpc) is 3.08. The number of halogens is 3. The van der Waals surface area contributed by atoms with Gasteiger partial charge in [-0.05, 0) is 97.6 Å². The standard InChI is InChI=1S/C24H13Br3O5/c25-15-5-2-13(3-6-15)23(30)22-21(14-4-8-19(29)17(27)11-14)20(32-24(22)31)10-12-1-7-18(28)16(26)9-12/h1-11,28-29H/b20-10-. The Morgan fingerprint density at radius 3 is 2.09 bits per heavy atom. The van der Waals surface area contributed by atoms with Gasteiger partial charge in [-0.3, -0.25) is 4.79 Å². The van der Waals surface area contributed by atoms with Crippen LogP contribution in [-0.4, -0.2) is 22.0 Å². The topological polar surface area (TPSA) is 83.8 Å². The van der Waals surface area contributed by atoms with Crippen molar-refractivity contribution in [3.05, 3.63) is 102 Å². The first-order valence-electron chi connectivity index (χ1n) is 9.21. The summed E-state index contributed by atoms with van der Waals surface area (Å²) in [5, 5.41) is 19.7. The van der Waals surface area contributed by atoms with Gasteiger partial charge in [-0.15, -0.1) is 0 Å². The van der Waals surface area contributed by atoms with E-state index >= 15 is 0 Å². The molecule has 0 fully saturated rings. The molecular weight excluding hydrogens is 608 g/mol. The Kier molecular flexibility index (Phi) is 6.37. The zero-order valence-corrected chi connectivity index (χ0v) is 20.9. The van der Waals surface area contributed by atoms with Gasteiger partial charge >= 0.3 is 5.97 Å². The van der Waals surface area contributed by atoms with E-state index in [1.165, 1.54) is 12.1 Å². The van der Waals surface area contributed by atoms with E-state index in [1.807, 2.05) is 0 Å². The Morgan fingerprint density at radius 1 is 0.844 bits per heavy atom. The number of allylic oxidation sites excluding steroid dienone is 1. The molecule has 0 aromatic heterocycles. The van der Waals surface area contributed by atoms with Gasteiger partial charge in [0, 0.05) is 15.6 Å². The molecule has 160 valence electrons. The highest BCUT2D eigenvalue weighted by atomic mass is 79.9. The molecule has 0 bridgehead atoms. The minimum atomic E-state index is -0.763. The van der Waals surface area contributed by atoms with Crippen LogP contribution in [-0.2, 0) is 9.53 Å². The Bertz CT molecular complexity index is 1320. The van der Waals surface area contributed by atoms with E-state index in [0.29, 0.717) is 31.2 Å². The van der Waals surface area contributed by atoms with Crippen LogP contribution in [0.15, 0.2) is 85.4 Å². The number of cyclic esters (lactones) is 1. The van der Waals surface area contributed by atoms with Crippen molar-refractivity contribution in [1.29, 1.82) is 0 Å². The molecule has 0 saturated carbocycles. The summed E-state index contributed by atoms with van der Waals surface area (Å²) in [6, 6.07) is 16.2. The normalized spacial score (nSPS) is 14.7. The van der Waals surface area contributed by atoms with Gasteiger partial charge in [-0.25, -0.2) is 4.79 Å². The van der Waals surface area contributed by atoms with E-state index in [2.05, 4.69) is 47.8 Å². The summed E-state index contributed by atoms with van der Waals surface area (Å²) >= 11 is 9.88. The fourth-order valence-electron chi connectivity index (χ4n) is 3.19. The molecule has 0 amide bonds. The number of ketones is 1. The number of rotatable bonds is 4. The first-order chi connectivity index (χ1) is 15.2. The molecule has 1 aliphatic heterocycles. The highest BCUT2D eigenvalue weighted by molar-refractivity contribution is 9.11. The lowest BCUT2D eigenvalue weighted by Crippen LogP contribution is -2.11. The van der Waals surface area contributed by atoms with E-state index in [4.69, 9.17) is 4.74 Å². The van der Waals surface area contributed by atoms with Crippen molar-refractivity contribution in [1.82, 2.24) is 0 Å². The first-order valence-corrected chi connectivity index (χ1v) is 11.6. The minimum absolute atomic E-state index is 0.0216. The molecule has 5 nitrogen and oxygen atoms in total. The van der Waals surface area contributed by atoms with Gasteiger partial charge in [0.05, 0.1) is 8.95 Å². The van der Waals surface area contributed by atoms with Gasteiger partial charge < -0.3 is 14.9 Å². The third-order valence-corrected chi connectivity index (χ3v) is 6.54. The lowest BCUT2D eigenvalue weighted by molar-refractivity contribution is -0.132. The van der Waals surface area contributed by atoms with E-state index < -0.39 is 11.8 Å². The largest absolute Gasteiger partial charge is 0.507 e. The van der Waals surface area contributed by atoms with Gasteiger partial charge in [0.2, 0.25) is 5.78 Å². The van der Waals surface area contributed by atoms with E-state index in [0.717, 1.165) is 4.47 Å². The maximum absolute atomic E-state index is 13.3. The zero-order valence-electron chi connectivity index (χ0n) is 16.1. The Labute approximate surface area is 208 Å². The smallest absolute Gasteiger partial charge is 0.348 e. The minimum Gasteiger partial charge on any atom is -0.507 e. The van der Waals surface area contributed by atoms with Crippen LogP contribution in [0.2, 0.25) is 0 Å². The molecular formula is C24H13Br3O5. The highest BCUT2D eigenvalue weighted by Gasteiger charge is 2.36. The van der Waals surface area contributed by atoms with Crippen molar-refractivity contribution in [3.8, 4) is 11.5 Å². The second kappa shape index (κ2) is 9.05. The van der Waals surface area contributed by atoms with Crippen LogP contribution >= 0.6 is 47.8 Å². The van der Waals surface area contributed by atoms with Crippen LogP contribution in [0.1, 0.15) is 21.5 Å². The number of esters is 1. The lowest BCUT2D eigenvalue weighted by atomic mass is 9.93. The summed E-state index contributed by atoms with van der Waals surface area (Å²) < 4.78 is 7.20. The molecule has 0 atom stereocenters. The molecule has 0 aliphatic carbocycles. The van der Waals surface area contributed by atoms with Crippen LogP contribution < -0.4 is 0 Å².